The average molecular weight is 308 g/mol. The highest BCUT2D eigenvalue weighted by Crippen LogP contribution is 2.23. The number of thiophene rings is 1. The topological polar surface area (TPSA) is 78.4 Å². The van der Waals surface area contributed by atoms with Gasteiger partial charge in [0.1, 0.15) is 5.00 Å². The van der Waals surface area contributed by atoms with E-state index in [1.165, 1.54) is 17.4 Å². The van der Waals surface area contributed by atoms with Crippen LogP contribution >= 0.6 is 23.1 Å². The fraction of sp³-hybridized carbons (Fsp3) is 0.0769. The number of amides is 2. The van der Waals surface area contributed by atoms with Crippen LogP contribution in [0.15, 0.2) is 40.6 Å². The molecule has 0 aliphatic rings. The molecule has 7 heteroatoms. The number of benzene rings is 1. The summed E-state index contributed by atoms with van der Waals surface area (Å²) < 4.78 is 0. The maximum atomic E-state index is 11.8. The summed E-state index contributed by atoms with van der Waals surface area (Å²) in [5.41, 5.74) is 0.733. The van der Waals surface area contributed by atoms with Crippen molar-refractivity contribution in [1.29, 1.82) is 0 Å². The van der Waals surface area contributed by atoms with Gasteiger partial charge in [0, 0.05) is 10.6 Å². The number of thioether (sulfide) groups is 1. The van der Waals surface area contributed by atoms with Crippen LogP contribution in [0.2, 0.25) is 0 Å². The molecule has 1 aromatic carbocycles. The second kappa shape index (κ2) is 6.44. The van der Waals surface area contributed by atoms with E-state index in [1.807, 2.05) is 18.4 Å². The number of carboxylic acids is 1. The Balaban J connectivity index is 2.01. The predicted octanol–water partition coefficient (Wildman–Crippen LogP) is 3.81. The van der Waals surface area contributed by atoms with Gasteiger partial charge >= 0.3 is 12.0 Å². The van der Waals surface area contributed by atoms with Crippen molar-refractivity contribution in [3.8, 4) is 0 Å². The van der Waals surface area contributed by atoms with Crippen LogP contribution in [0.1, 0.15) is 10.4 Å². The number of nitrogens with one attached hydrogen (secondary N) is 2. The number of carbonyl (C=O) groups excluding carboxylic acids is 1. The van der Waals surface area contributed by atoms with E-state index < -0.39 is 12.0 Å². The summed E-state index contributed by atoms with van der Waals surface area (Å²) >= 11 is 2.78. The summed E-state index contributed by atoms with van der Waals surface area (Å²) in [6, 6.07) is 8.36. The molecule has 104 valence electrons. The van der Waals surface area contributed by atoms with Gasteiger partial charge in [0.2, 0.25) is 0 Å². The Morgan fingerprint density at radius 3 is 2.45 bits per heavy atom. The van der Waals surface area contributed by atoms with E-state index >= 15 is 0 Å². The minimum atomic E-state index is -1.06. The van der Waals surface area contributed by atoms with Crippen LogP contribution in [-0.2, 0) is 0 Å². The summed E-state index contributed by atoms with van der Waals surface area (Å²) in [6.45, 7) is 0. The van der Waals surface area contributed by atoms with Crippen molar-refractivity contribution >= 4 is 45.8 Å². The maximum absolute atomic E-state index is 11.8. The molecule has 0 saturated carbocycles. The van der Waals surface area contributed by atoms with Crippen molar-refractivity contribution in [1.82, 2.24) is 0 Å². The third-order valence-electron chi connectivity index (χ3n) is 2.47. The molecular weight excluding hydrogens is 296 g/mol. The van der Waals surface area contributed by atoms with Crippen molar-refractivity contribution < 1.29 is 14.7 Å². The van der Waals surface area contributed by atoms with Gasteiger partial charge in [-0.3, -0.25) is 5.32 Å². The fourth-order valence-corrected chi connectivity index (χ4v) is 2.70. The molecule has 0 fully saturated rings. The summed E-state index contributed by atoms with van der Waals surface area (Å²) in [4.78, 5) is 23.8. The van der Waals surface area contributed by atoms with Crippen LogP contribution in [0.3, 0.4) is 0 Å². The molecule has 0 bridgehead atoms. The summed E-state index contributed by atoms with van der Waals surface area (Å²) in [7, 11) is 0. The van der Waals surface area contributed by atoms with Gasteiger partial charge in [-0.15, -0.1) is 23.1 Å². The molecule has 2 aromatic rings. The number of aromatic carboxylic acids is 1. The summed E-state index contributed by atoms with van der Waals surface area (Å²) in [5, 5.41) is 16.1. The molecule has 20 heavy (non-hydrogen) atoms. The normalized spacial score (nSPS) is 10.1. The van der Waals surface area contributed by atoms with Crippen molar-refractivity contribution in [2.45, 2.75) is 4.90 Å². The molecular formula is C13H12N2O3S2. The second-order valence-electron chi connectivity index (χ2n) is 3.78. The van der Waals surface area contributed by atoms with Crippen LogP contribution in [0, 0.1) is 0 Å². The minimum Gasteiger partial charge on any atom is -0.478 e. The molecule has 0 aliphatic carbocycles. The highest BCUT2D eigenvalue weighted by atomic mass is 32.2. The average Bonchev–Trinajstić information content (AvgIpc) is 2.87. The third-order valence-corrected chi connectivity index (χ3v) is 4.04. The van der Waals surface area contributed by atoms with E-state index in [4.69, 9.17) is 5.11 Å². The van der Waals surface area contributed by atoms with E-state index in [0.717, 1.165) is 4.90 Å². The zero-order chi connectivity index (χ0) is 14.5. The van der Waals surface area contributed by atoms with Gasteiger partial charge in [0.15, 0.2) is 0 Å². The molecule has 0 radical (unpaired) electrons. The second-order valence-corrected chi connectivity index (χ2v) is 5.57. The lowest BCUT2D eigenvalue weighted by atomic mass is 10.3. The van der Waals surface area contributed by atoms with Crippen molar-refractivity contribution in [3.05, 3.63) is 41.3 Å². The Hall–Kier alpha value is -1.99. The van der Waals surface area contributed by atoms with Gasteiger partial charge in [-0.25, -0.2) is 9.59 Å². The fourth-order valence-electron chi connectivity index (χ4n) is 1.51. The largest absolute Gasteiger partial charge is 0.478 e. The van der Waals surface area contributed by atoms with Gasteiger partial charge in [-0.2, -0.15) is 0 Å². The highest BCUT2D eigenvalue weighted by Gasteiger charge is 2.13. The van der Waals surface area contributed by atoms with Gasteiger partial charge in [-0.05, 0) is 42.0 Å². The standard InChI is InChI=1S/C13H12N2O3S2/c1-19-9-4-2-8(3-5-9)14-13(18)15-11-10(12(16)17)6-7-20-11/h2-7H,1H3,(H,16,17)(H2,14,15,18). The molecule has 0 unspecified atom stereocenters. The molecule has 0 spiro atoms. The van der Waals surface area contributed by atoms with Crippen LogP contribution in [0.5, 0.6) is 0 Å². The molecule has 2 rings (SSSR count). The lowest BCUT2D eigenvalue weighted by molar-refractivity contribution is 0.0698. The van der Waals surface area contributed by atoms with E-state index in [1.54, 1.807) is 29.3 Å². The first-order chi connectivity index (χ1) is 9.60. The van der Waals surface area contributed by atoms with Gasteiger partial charge < -0.3 is 10.4 Å². The van der Waals surface area contributed by atoms with Crippen LogP contribution in [0.25, 0.3) is 0 Å². The molecule has 3 N–H and O–H groups in total. The smallest absolute Gasteiger partial charge is 0.338 e. The number of urea groups is 1. The first-order valence-corrected chi connectivity index (χ1v) is 7.73. The lowest BCUT2D eigenvalue weighted by Gasteiger charge is -2.07. The molecule has 0 aliphatic heterocycles. The molecule has 2 amide bonds. The Bertz CT molecular complexity index is 623. The van der Waals surface area contributed by atoms with Crippen LogP contribution in [-0.4, -0.2) is 23.4 Å². The number of rotatable bonds is 4. The van der Waals surface area contributed by atoms with Gasteiger partial charge in [-0.1, -0.05) is 0 Å². The summed E-state index contributed by atoms with van der Waals surface area (Å²) in [6.07, 6.45) is 1.97. The Morgan fingerprint density at radius 1 is 1.15 bits per heavy atom. The maximum Gasteiger partial charge on any atom is 0.338 e. The molecule has 5 nitrogen and oxygen atoms in total. The van der Waals surface area contributed by atoms with E-state index in [0.29, 0.717) is 10.7 Å². The quantitative estimate of drug-likeness (QED) is 0.750. The highest BCUT2D eigenvalue weighted by molar-refractivity contribution is 7.98. The first-order valence-electron chi connectivity index (χ1n) is 5.63. The van der Waals surface area contributed by atoms with Crippen molar-refractivity contribution in [2.24, 2.45) is 0 Å². The SMILES string of the molecule is CSc1ccc(NC(=O)Nc2sccc2C(=O)O)cc1. The van der Waals surface area contributed by atoms with Crippen molar-refractivity contribution in [2.75, 3.05) is 16.9 Å². The first kappa shape index (κ1) is 14.4. The molecule has 1 aromatic heterocycles. The van der Waals surface area contributed by atoms with E-state index in [2.05, 4.69) is 10.6 Å². The lowest BCUT2D eigenvalue weighted by Crippen LogP contribution is -2.19. The minimum absolute atomic E-state index is 0.0860. The third kappa shape index (κ3) is 3.52. The Labute approximate surface area is 124 Å². The number of anilines is 2. The van der Waals surface area contributed by atoms with E-state index in [-0.39, 0.29) is 5.56 Å². The number of hydrogen-bond acceptors (Lipinski definition) is 4. The molecule has 0 atom stereocenters. The zero-order valence-corrected chi connectivity index (χ0v) is 12.2. The summed E-state index contributed by atoms with van der Waals surface area (Å²) in [5.74, 6) is -1.06. The number of carbonyl (C=O) groups is 2. The van der Waals surface area contributed by atoms with Crippen molar-refractivity contribution in [3.63, 3.8) is 0 Å². The van der Waals surface area contributed by atoms with Gasteiger partial charge in [0.25, 0.3) is 0 Å². The zero-order valence-electron chi connectivity index (χ0n) is 10.5. The van der Waals surface area contributed by atoms with Gasteiger partial charge in [0.05, 0.1) is 5.56 Å². The Morgan fingerprint density at radius 2 is 1.85 bits per heavy atom. The number of carboxylic acid groups (broad SMARTS) is 1. The van der Waals surface area contributed by atoms with Crippen LogP contribution in [0.4, 0.5) is 15.5 Å². The van der Waals surface area contributed by atoms with Crippen LogP contribution < -0.4 is 10.6 Å². The molecule has 0 saturated heterocycles. The Kier molecular flexibility index (Phi) is 4.65. The monoisotopic (exact) mass is 308 g/mol. The predicted molar refractivity (Wildman–Crippen MR) is 82.1 cm³/mol. The molecule has 1 heterocycles. The van der Waals surface area contributed by atoms with E-state index in [9.17, 15) is 9.59 Å². The number of hydrogen-bond donors (Lipinski definition) is 3.